The second kappa shape index (κ2) is 8.32. The molecule has 0 bridgehead atoms. The maximum atomic E-state index is 13.1. The smallest absolute Gasteiger partial charge is 0.263 e. The third kappa shape index (κ3) is 4.31. The van der Waals surface area contributed by atoms with E-state index in [1.54, 1.807) is 25.2 Å². The first-order valence-corrected chi connectivity index (χ1v) is 11.0. The van der Waals surface area contributed by atoms with Crippen LogP contribution in [0.1, 0.15) is 44.5 Å². The number of fused-ring (bicyclic) bond motifs is 1. The van der Waals surface area contributed by atoms with Crippen molar-refractivity contribution in [3.05, 3.63) is 41.5 Å². The fourth-order valence-corrected chi connectivity index (χ4v) is 4.26. The van der Waals surface area contributed by atoms with Gasteiger partial charge in [0.15, 0.2) is 5.82 Å². The molecule has 9 nitrogen and oxygen atoms in total. The van der Waals surface area contributed by atoms with E-state index in [9.17, 15) is 13.2 Å². The molecule has 2 atom stereocenters. The van der Waals surface area contributed by atoms with Crippen molar-refractivity contribution in [1.82, 2.24) is 19.8 Å². The predicted molar refractivity (Wildman–Crippen MR) is 107 cm³/mol. The van der Waals surface area contributed by atoms with Crippen LogP contribution in [0.25, 0.3) is 0 Å². The number of aryl methyl sites for hydroxylation is 1. The van der Waals surface area contributed by atoms with Crippen molar-refractivity contribution in [3.63, 3.8) is 0 Å². The normalized spacial score (nSPS) is 18.1. The molecule has 0 unspecified atom stereocenters. The van der Waals surface area contributed by atoms with Crippen LogP contribution in [0, 0.1) is 5.92 Å². The lowest BCUT2D eigenvalue weighted by Gasteiger charge is -2.24. The minimum absolute atomic E-state index is 0.0939. The van der Waals surface area contributed by atoms with Crippen molar-refractivity contribution in [2.75, 3.05) is 7.05 Å². The van der Waals surface area contributed by atoms with Crippen LogP contribution in [-0.2, 0) is 27.8 Å². The van der Waals surface area contributed by atoms with Crippen LogP contribution in [0.3, 0.4) is 0 Å². The molecule has 0 fully saturated rings. The summed E-state index contributed by atoms with van der Waals surface area (Å²) in [5, 5.41) is 3.84. The Morgan fingerprint density at radius 3 is 2.69 bits per heavy atom. The average Bonchev–Trinajstić information content (AvgIpc) is 3.27. The quantitative estimate of drug-likeness (QED) is 0.730. The molecule has 3 rings (SSSR count). The van der Waals surface area contributed by atoms with E-state index < -0.39 is 16.1 Å². The van der Waals surface area contributed by atoms with Gasteiger partial charge in [-0.2, -0.15) is 4.98 Å². The molecule has 1 aromatic carbocycles. The number of amides is 1. The molecule has 0 saturated carbocycles. The van der Waals surface area contributed by atoms with E-state index in [1.807, 2.05) is 20.8 Å². The van der Waals surface area contributed by atoms with E-state index in [4.69, 9.17) is 4.52 Å². The van der Waals surface area contributed by atoms with Crippen LogP contribution >= 0.6 is 0 Å². The van der Waals surface area contributed by atoms with Gasteiger partial charge in [0.2, 0.25) is 11.8 Å². The molecule has 1 aliphatic heterocycles. The summed E-state index contributed by atoms with van der Waals surface area (Å²) < 4.78 is 32.3. The molecule has 0 radical (unpaired) electrons. The Hall–Kier alpha value is -2.75. The number of nitrogens with one attached hydrogen (secondary N) is 1. The molecule has 2 heterocycles. The number of likely N-dealkylation sites (N-methyl/N-ethyl adjacent to an activating group) is 1. The summed E-state index contributed by atoms with van der Waals surface area (Å²) in [6.07, 6.45) is 1.35. The first-order valence-electron chi connectivity index (χ1n) is 9.53. The van der Waals surface area contributed by atoms with Crippen LogP contribution in [0.2, 0.25) is 0 Å². The molecule has 10 heteroatoms. The van der Waals surface area contributed by atoms with Gasteiger partial charge >= 0.3 is 0 Å². The van der Waals surface area contributed by atoms with Crippen LogP contribution in [0.15, 0.2) is 38.7 Å². The van der Waals surface area contributed by atoms with Gasteiger partial charge in [0, 0.05) is 19.0 Å². The number of rotatable bonds is 7. The molecule has 29 heavy (non-hydrogen) atoms. The van der Waals surface area contributed by atoms with Crippen molar-refractivity contribution in [3.8, 4) is 0 Å². The Bertz CT molecular complexity index is 1030. The van der Waals surface area contributed by atoms with Gasteiger partial charge < -0.3 is 9.42 Å². The van der Waals surface area contributed by atoms with Gasteiger partial charge in [-0.05, 0) is 18.1 Å². The number of aliphatic imine (C=N–C) groups is 1. The van der Waals surface area contributed by atoms with E-state index in [0.29, 0.717) is 30.1 Å². The highest BCUT2D eigenvalue weighted by Gasteiger charge is 2.34. The fraction of sp³-hybridized carbons (Fsp3) is 0.474. The summed E-state index contributed by atoms with van der Waals surface area (Å²) in [7, 11) is -2.03. The van der Waals surface area contributed by atoms with Crippen LogP contribution < -0.4 is 4.72 Å². The zero-order valence-electron chi connectivity index (χ0n) is 16.9. The highest BCUT2D eigenvalue weighted by Crippen LogP contribution is 2.24. The van der Waals surface area contributed by atoms with Gasteiger partial charge in [0.05, 0.1) is 11.4 Å². The predicted octanol–water partition coefficient (Wildman–Crippen LogP) is 1.74. The number of amidine groups is 1. The SMILES string of the molecule is CCc1noc(CN(C)C(=O)[C@@H](N=C2NS(=O)(=O)c3ccccc32)[C@@H](C)CC)n1. The molecule has 2 aromatic rings. The van der Waals surface area contributed by atoms with Crippen molar-refractivity contribution in [1.29, 1.82) is 0 Å². The lowest BCUT2D eigenvalue weighted by atomic mass is 9.98. The molecule has 1 aromatic heterocycles. The minimum atomic E-state index is -3.67. The molecular formula is C19H25N5O4S. The van der Waals surface area contributed by atoms with Crippen molar-refractivity contribution in [2.24, 2.45) is 10.9 Å². The molecular weight excluding hydrogens is 394 g/mol. The maximum Gasteiger partial charge on any atom is 0.263 e. The lowest BCUT2D eigenvalue weighted by molar-refractivity contribution is -0.133. The number of carbonyl (C=O) groups is 1. The Kier molecular flexibility index (Phi) is 6.02. The monoisotopic (exact) mass is 419 g/mol. The highest BCUT2D eigenvalue weighted by atomic mass is 32.2. The van der Waals surface area contributed by atoms with E-state index in [0.717, 1.165) is 0 Å². The largest absolute Gasteiger partial charge is 0.337 e. The van der Waals surface area contributed by atoms with E-state index in [1.165, 1.54) is 11.0 Å². The third-order valence-electron chi connectivity index (χ3n) is 4.94. The molecule has 0 aliphatic carbocycles. The van der Waals surface area contributed by atoms with Gasteiger partial charge in [0.1, 0.15) is 11.9 Å². The number of benzene rings is 1. The standard InChI is InChI=1S/C19H25N5O4S/c1-5-12(3)17(19(25)24(4)11-16-20-15(6-2)22-28-16)21-18-13-9-7-8-10-14(13)29(26,27)23-18/h7-10,12,17H,5-6,11H2,1-4H3,(H,21,23)/t12-,17-/m0/s1. The highest BCUT2D eigenvalue weighted by molar-refractivity contribution is 7.90. The summed E-state index contributed by atoms with van der Waals surface area (Å²) >= 11 is 0. The molecule has 156 valence electrons. The van der Waals surface area contributed by atoms with E-state index >= 15 is 0 Å². The molecule has 1 aliphatic rings. The molecule has 0 saturated heterocycles. The van der Waals surface area contributed by atoms with Crippen LogP contribution in [-0.4, -0.2) is 48.3 Å². The number of nitrogens with zero attached hydrogens (tertiary/aromatic N) is 4. The van der Waals surface area contributed by atoms with Gasteiger partial charge in [-0.15, -0.1) is 0 Å². The van der Waals surface area contributed by atoms with Crippen LogP contribution in [0.5, 0.6) is 0 Å². The summed E-state index contributed by atoms with van der Waals surface area (Å²) in [5.41, 5.74) is 0.473. The van der Waals surface area contributed by atoms with Gasteiger partial charge in [-0.25, -0.2) is 8.42 Å². The zero-order valence-corrected chi connectivity index (χ0v) is 17.7. The summed E-state index contributed by atoms with van der Waals surface area (Å²) in [4.78, 5) is 23.5. The number of hydrogen-bond donors (Lipinski definition) is 1. The Balaban J connectivity index is 1.88. The zero-order chi connectivity index (χ0) is 21.2. The Labute approximate surface area is 170 Å². The molecule has 0 spiro atoms. The van der Waals surface area contributed by atoms with Crippen molar-refractivity contribution >= 4 is 21.8 Å². The summed E-state index contributed by atoms with van der Waals surface area (Å²) in [6, 6.07) is 5.85. The lowest BCUT2D eigenvalue weighted by Crippen LogP contribution is -2.40. The van der Waals surface area contributed by atoms with Gasteiger partial charge in [0.25, 0.3) is 10.0 Å². The summed E-state index contributed by atoms with van der Waals surface area (Å²) in [6.45, 7) is 5.95. The summed E-state index contributed by atoms with van der Waals surface area (Å²) in [5.74, 6) is 0.783. The van der Waals surface area contributed by atoms with Gasteiger partial charge in [-0.3, -0.25) is 14.5 Å². The second-order valence-electron chi connectivity index (χ2n) is 7.06. The first-order chi connectivity index (χ1) is 13.8. The van der Waals surface area contributed by atoms with E-state index in [-0.39, 0.29) is 29.1 Å². The third-order valence-corrected chi connectivity index (χ3v) is 6.34. The Morgan fingerprint density at radius 1 is 1.31 bits per heavy atom. The minimum Gasteiger partial charge on any atom is -0.337 e. The average molecular weight is 420 g/mol. The molecule has 1 N–H and O–H groups in total. The topological polar surface area (TPSA) is 118 Å². The van der Waals surface area contributed by atoms with Gasteiger partial charge in [-0.1, -0.05) is 44.5 Å². The molecule has 1 amide bonds. The number of sulfonamides is 1. The number of hydrogen-bond acceptors (Lipinski definition) is 7. The number of aromatic nitrogens is 2. The van der Waals surface area contributed by atoms with Crippen molar-refractivity contribution in [2.45, 2.75) is 51.1 Å². The van der Waals surface area contributed by atoms with Crippen molar-refractivity contribution < 1.29 is 17.7 Å². The first kappa shape index (κ1) is 21.0. The Morgan fingerprint density at radius 2 is 2.03 bits per heavy atom. The fourth-order valence-electron chi connectivity index (χ4n) is 3.02. The van der Waals surface area contributed by atoms with Crippen LogP contribution in [0.4, 0.5) is 0 Å². The number of carbonyl (C=O) groups excluding carboxylic acids is 1. The maximum absolute atomic E-state index is 13.1. The second-order valence-corrected chi connectivity index (χ2v) is 8.71. The van der Waals surface area contributed by atoms with E-state index in [2.05, 4.69) is 19.9 Å².